The van der Waals surface area contributed by atoms with Crippen LogP contribution in [0.2, 0.25) is 0 Å². The number of benzene rings is 2. The molecular weight excluding hydrogens is 374 g/mol. The summed E-state index contributed by atoms with van der Waals surface area (Å²) < 4.78 is 27.8. The van der Waals surface area contributed by atoms with E-state index in [2.05, 4.69) is 12.1 Å². The van der Waals surface area contributed by atoms with Crippen LogP contribution < -0.4 is 9.80 Å². The van der Waals surface area contributed by atoms with E-state index in [0.717, 1.165) is 30.9 Å². The fourth-order valence-corrected chi connectivity index (χ4v) is 5.61. The molecule has 0 radical (unpaired) electrons. The van der Waals surface area contributed by atoms with Crippen LogP contribution in [0.1, 0.15) is 18.1 Å². The standard InChI is InChI=1S/C21H25N3O3S/c1-17(25)24-10-9-19-15-20(7-8-21(19)24)28(26,27)23-13-11-22(12-14-23)16-18-5-3-2-4-6-18/h2-8,15H,9-14,16H2,1H3/p+1. The van der Waals surface area contributed by atoms with Gasteiger partial charge in [-0.1, -0.05) is 30.3 Å². The molecule has 2 heterocycles. The fraction of sp³-hybridized carbons (Fsp3) is 0.381. The predicted molar refractivity (Wildman–Crippen MR) is 108 cm³/mol. The van der Waals surface area contributed by atoms with Crippen molar-refractivity contribution in [1.82, 2.24) is 4.31 Å². The molecule has 1 N–H and O–H groups in total. The molecule has 0 aliphatic carbocycles. The summed E-state index contributed by atoms with van der Waals surface area (Å²) in [5, 5.41) is 0. The summed E-state index contributed by atoms with van der Waals surface area (Å²) in [7, 11) is -3.50. The lowest BCUT2D eigenvalue weighted by atomic mass is 10.2. The van der Waals surface area contributed by atoms with Crippen LogP contribution in [0.3, 0.4) is 0 Å². The molecule has 7 heteroatoms. The van der Waals surface area contributed by atoms with Gasteiger partial charge in [-0.25, -0.2) is 8.42 Å². The van der Waals surface area contributed by atoms with Crippen molar-refractivity contribution in [2.24, 2.45) is 0 Å². The molecule has 2 aromatic carbocycles. The van der Waals surface area contributed by atoms with Crippen molar-refractivity contribution in [2.45, 2.75) is 24.8 Å². The first-order valence-electron chi connectivity index (χ1n) is 9.74. The van der Waals surface area contributed by atoms with Gasteiger partial charge in [0, 0.05) is 24.7 Å². The molecule has 1 saturated heterocycles. The highest BCUT2D eigenvalue weighted by atomic mass is 32.2. The highest BCUT2D eigenvalue weighted by Gasteiger charge is 2.32. The second-order valence-electron chi connectivity index (χ2n) is 7.53. The summed E-state index contributed by atoms with van der Waals surface area (Å²) in [5.74, 6) is -0.00753. The number of fused-ring (bicyclic) bond motifs is 1. The highest BCUT2D eigenvalue weighted by molar-refractivity contribution is 7.89. The van der Waals surface area contributed by atoms with Crippen LogP contribution in [0.25, 0.3) is 0 Å². The fourth-order valence-electron chi connectivity index (χ4n) is 4.12. The zero-order valence-corrected chi connectivity index (χ0v) is 16.9. The molecule has 2 aliphatic rings. The number of piperazine rings is 1. The van der Waals surface area contributed by atoms with Crippen LogP contribution >= 0.6 is 0 Å². The van der Waals surface area contributed by atoms with Crippen molar-refractivity contribution < 1.29 is 18.1 Å². The SMILES string of the molecule is CC(=O)N1CCc2cc(S(=O)(=O)N3CC[NH+](Cc4ccccc4)CC3)ccc21. The number of rotatable bonds is 4. The number of anilines is 1. The summed E-state index contributed by atoms with van der Waals surface area (Å²) in [6.45, 7) is 5.75. The Bertz CT molecular complexity index is 968. The van der Waals surface area contributed by atoms with Gasteiger partial charge in [0.1, 0.15) is 6.54 Å². The highest BCUT2D eigenvalue weighted by Crippen LogP contribution is 2.31. The maximum atomic E-state index is 13.1. The Labute approximate surface area is 166 Å². The summed E-state index contributed by atoms with van der Waals surface area (Å²) in [4.78, 5) is 15.1. The Kier molecular flexibility index (Phi) is 5.23. The number of nitrogens with zero attached hydrogens (tertiary/aromatic N) is 2. The number of carbonyl (C=O) groups is 1. The first-order valence-corrected chi connectivity index (χ1v) is 11.2. The van der Waals surface area contributed by atoms with E-state index in [1.54, 1.807) is 27.4 Å². The quantitative estimate of drug-likeness (QED) is 0.821. The van der Waals surface area contributed by atoms with E-state index < -0.39 is 10.0 Å². The van der Waals surface area contributed by atoms with E-state index in [4.69, 9.17) is 0 Å². The lowest BCUT2D eigenvalue weighted by molar-refractivity contribution is -0.917. The molecule has 0 bridgehead atoms. The van der Waals surface area contributed by atoms with Gasteiger partial charge in [0.15, 0.2) is 0 Å². The Morgan fingerprint density at radius 1 is 1.04 bits per heavy atom. The number of carbonyl (C=O) groups excluding carboxylic acids is 1. The number of amides is 1. The minimum absolute atomic E-state index is 0.00753. The molecule has 2 aliphatic heterocycles. The largest absolute Gasteiger partial charge is 0.329 e. The molecular formula is C21H26N3O3S+. The maximum Gasteiger partial charge on any atom is 0.243 e. The number of hydrogen-bond donors (Lipinski definition) is 1. The molecule has 0 saturated carbocycles. The van der Waals surface area contributed by atoms with Gasteiger partial charge in [0.2, 0.25) is 15.9 Å². The maximum absolute atomic E-state index is 13.1. The topological polar surface area (TPSA) is 62.1 Å². The van der Waals surface area contributed by atoms with Gasteiger partial charge < -0.3 is 9.80 Å². The third kappa shape index (κ3) is 3.70. The Balaban J connectivity index is 1.44. The average molecular weight is 401 g/mol. The summed E-state index contributed by atoms with van der Waals surface area (Å²) in [6, 6.07) is 15.5. The van der Waals surface area contributed by atoms with Crippen molar-refractivity contribution in [2.75, 3.05) is 37.6 Å². The van der Waals surface area contributed by atoms with Crippen LogP contribution in [-0.4, -0.2) is 51.4 Å². The van der Waals surface area contributed by atoms with Crippen molar-refractivity contribution in [3.05, 3.63) is 59.7 Å². The molecule has 1 amide bonds. The second-order valence-corrected chi connectivity index (χ2v) is 9.47. The lowest BCUT2D eigenvalue weighted by Gasteiger charge is -2.31. The molecule has 6 nitrogen and oxygen atoms in total. The second kappa shape index (κ2) is 7.66. The molecule has 4 rings (SSSR count). The van der Waals surface area contributed by atoms with E-state index in [1.165, 1.54) is 17.4 Å². The van der Waals surface area contributed by atoms with Crippen LogP contribution in [-0.2, 0) is 27.8 Å². The minimum Gasteiger partial charge on any atom is -0.329 e. The van der Waals surface area contributed by atoms with Gasteiger partial charge >= 0.3 is 0 Å². The van der Waals surface area contributed by atoms with Crippen molar-refractivity contribution in [3.63, 3.8) is 0 Å². The number of sulfonamides is 1. The first-order chi connectivity index (χ1) is 13.4. The molecule has 0 aromatic heterocycles. The Morgan fingerprint density at radius 2 is 1.75 bits per heavy atom. The molecule has 2 aromatic rings. The molecule has 148 valence electrons. The van der Waals surface area contributed by atoms with Gasteiger partial charge in [0.25, 0.3) is 0 Å². The molecule has 0 spiro atoms. The van der Waals surface area contributed by atoms with Gasteiger partial charge in [0.05, 0.1) is 31.1 Å². The third-order valence-electron chi connectivity index (χ3n) is 5.69. The van der Waals surface area contributed by atoms with E-state index in [-0.39, 0.29) is 5.91 Å². The monoisotopic (exact) mass is 400 g/mol. The van der Waals surface area contributed by atoms with Gasteiger partial charge in [-0.2, -0.15) is 4.31 Å². The predicted octanol–water partition coefficient (Wildman–Crippen LogP) is 0.685. The molecule has 1 fully saturated rings. The van der Waals surface area contributed by atoms with Crippen LogP contribution in [0.15, 0.2) is 53.4 Å². The van der Waals surface area contributed by atoms with Crippen LogP contribution in [0.4, 0.5) is 5.69 Å². The van der Waals surface area contributed by atoms with Crippen LogP contribution in [0, 0.1) is 0 Å². The Hall–Kier alpha value is -2.22. The minimum atomic E-state index is -3.50. The van der Waals surface area contributed by atoms with Gasteiger partial charge in [-0.3, -0.25) is 4.79 Å². The summed E-state index contributed by atoms with van der Waals surface area (Å²) in [6.07, 6.45) is 0.702. The Morgan fingerprint density at radius 3 is 2.43 bits per heavy atom. The van der Waals surface area contributed by atoms with E-state index in [0.29, 0.717) is 31.0 Å². The van der Waals surface area contributed by atoms with E-state index >= 15 is 0 Å². The number of hydrogen-bond acceptors (Lipinski definition) is 3. The summed E-state index contributed by atoms with van der Waals surface area (Å²) >= 11 is 0. The average Bonchev–Trinajstić information content (AvgIpc) is 3.13. The van der Waals surface area contributed by atoms with Crippen molar-refractivity contribution >= 4 is 21.6 Å². The normalized spacial score (nSPS) is 18.2. The van der Waals surface area contributed by atoms with E-state index in [1.807, 2.05) is 18.2 Å². The number of quaternary nitrogens is 1. The lowest BCUT2D eigenvalue weighted by Crippen LogP contribution is -3.13. The van der Waals surface area contributed by atoms with Crippen molar-refractivity contribution in [3.8, 4) is 0 Å². The molecule has 0 unspecified atom stereocenters. The van der Waals surface area contributed by atoms with Gasteiger partial charge in [-0.05, 0) is 30.2 Å². The third-order valence-corrected chi connectivity index (χ3v) is 7.59. The van der Waals surface area contributed by atoms with Crippen LogP contribution in [0.5, 0.6) is 0 Å². The molecule has 0 atom stereocenters. The molecule has 28 heavy (non-hydrogen) atoms. The first kappa shape index (κ1) is 19.1. The zero-order chi connectivity index (χ0) is 19.7. The van der Waals surface area contributed by atoms with Crippen molar-refractivity contribution in [1.29, 1.82) is 0 Å². The van der Waals surface area contributed by atoms with Gasteiger partial charge in [-0.15, -0.1) is 0 Å². The number of nitrogens with one attached hydrogen (secondary N) is 1. The summed E-state index contributed by atoms with van der Waals surface area (Å²) in [5.41, 5.74) is 3.05. The zero-order valence-electron chi connectivity index (χ0n) is 16.1. The van der Waals surface area contributed by atoms with E-state index in [9.17, 15) is 13.2 Å². The smallest absolute Gasteiger partial charge is 0.243 e.